The summed E-state index contributed by atoms with van der Waals surface area (Å²) in [6.45, 7) is 4.71. The number of carbonyl (C=O) groups excluding carboxylic acids is 1. The quantitative estimate of drug-likeness (QED) is 0.672. The van der Waals surface area contributed by atoms with E-state index in [2.05, 4.69) is 10.9 Å². The minimum absolute atomic E-state index is 0.270. The summed E-state index contributed by atoms with van der Waals surface area (Å²) in [5, 5.41) is 0. The first kappa shape index (κ1) is 17.0. The normalized spacial score (nSPS) is 11.5. The molecule has 3 rings (SSSR count). The summed E-state index contributed by atoms with van der Waals surface area (Å²) in [6, 6.07) is 13.2. The van der Waals surface area contributed by atoms with Gasteiger partial charge in [0.1, 0.15) is 11.3 Å². The molecule has 0 unspecified atom stereocenters. The molecule has 5 heteroatoms. The van der Waals surface area contributed by atoms with Gasteiger partial charge in [-0.3, -0.25) is 4.79 Å². The number of terminal acetylenes is 1. The smallest absolute Gasteiger partial charge is 0.279 e. The van der Waals surface area contributed by atoms with Crippen LogP contribution in [0.25, 0.3) is 10.2 Å². The number of thiazole rings is 1. The van der Waals surface area contributed by atoms with Crippen molar-refractivity contribution in [2.24, 2.45) is 4.99 Å². The number of rotatable bonds is 4. The van der Waals surface area contributed by atoms with E-state index in [4.69, 9.17) is 11.2 Å². The zero-order valence-electron chi connectivity index (χ0n) is 14.2. The van der Waals surface area contributed by atoms with Crippen molar-refractivity contribution in [1.29, 1.82) is 0 Å². The minimum Gasteiger partial charge on any atom is -0.492 e. The van der Waals surface area contributed by atoms with E-state index < -0.39 is 0 Å². The number of aromatic nitrogens is 1. The highest BCUT2D eigenvalue weighted by atomic mass is 32.1. The Hall–Kier alpha value is -2.84. The first-order valence-electron chi connectivity index (χ1n) is 7.99. The van der Waals surface area contributed by atoms with Crippen molar-refractivity contribution >= 4 is 27.5 Å². The Bertz CT molecular complexity index is 1040. The van der Waals surface area contributed by atoms with E-state index in [9.17, 15) is 4.79 Å². The molecule has 0 radical (unpaired) electrons. The highest BCUT2D eigenvalue weighted by molar-refractivity contribution is 7.16. The lowest BCUT2D eigenvalue weighted by molar-refractivity contribution is 0.0997. The van der Waals surface area contributed by atoms with Crippen LogP contribution in [0.15, 0.2) is 47.5 Å². The van der Waals surface area contributed by atoms with Crippen LogP contribution in [0, 0.1) is 19.3 Å². The number of amides is 1. The molecular weight excluding hydrogens is 332 g/mol. The van der Waals surface area contributed by atoms with Crippen molar-refractivity contribution in [1.82, 2.24) is 4.57 Å². The third-order valence-corrected chi connectivity index (χ3v) is 4.83. The van der Waals surface area contributed by atoms with Gasteiger partial charge in [-0.25, -0.2) is 0 Å². The molecule has 1 amide bonds. The van der Waals surface area contributed by atoms with Crippen molar-refractivity contribution in [3.63, 3.8) is 0 Å². The van der Waals surface area contributed by atoms with Gasteiger partial charge in [0.25, 0.3) is 5.91 Å². The Morgan fingerprint density at radius 3 is 2.80 bits per heavy atom. The number of benzene rings is 2. The van der Waals surface area contributed by atoms with Gasteiger partial charge in [-0.1, -0.05) is 41.5 Å². The van der Waals surface area contributed by atoms with Crippen LogP contribution in [-0.4, -0.2) is 17.1 Å². The molecule has 4 nitrogen and oxygen atoms in total. The molecule has 25 heavy (non-hydrogen) atoms. The molecule has 1 heterocycles. The SMILES string of the molecule is C#CCn1c(=NC(=O)c2ccccc2C)sc2cccc(OCC)c21. The fourth-order valence-electron chi connectivity index (χ4n) is 2.65. The zero-order valence-corrected chi connectivity index (χ0v) is 15.0. The number of para-hydroxylation sites is 1. The maximum absolute atomic E-state index is 12.6. The van der Waals surface area contributed by atoms with Crippen LogP contribution in [0.3, 0.4) is 0 Å². The predicted octanol–water partition coefficient (Wildman–Crippen LogP) is 3.78. The Labute approximate surface area is 150 Å². The number of nitrogens with zero attached hydrogens (tertiary/aromatic N) is 2. The van der Waals surface area contributed by atoms with E-state index in [0.717, 1.165) is 21.5 Å². The molecule has 1 aromatic heterocycles. The van der Waals surface area contributed by atoms with Crippen LogP contribution >= 0.6 is 11.3 Å². The largest absolute Gasteiger partial charge is 0.492 e. The maximum Gasteiger partial charge on any atom is 0.279 e. The van der Waals surface area contributed by atoms with Crippen molar-refractivity contribution in [2.75, 3.05) is 6.61 Å². The standard InChI is InChI=1S/C20H18N2O2S/c1-4-13-22-18-16(24-5-2)11-8-12-17(18)25-20(22)21-19(23)15-10-7-6-9-14(15)3/h1,6-12H,5,13H2,2-3H3. The van der Waals surface area contributed by atoms with E-state index in [1.807, 2.05) is 54.8 Å². The second kappa shape index (κ2) is 7.37. The summed E-state index contributed by atoms with van der Waals surface area (Å²) in [7, 11) is 0. The van der Waals surface area contributed by atoms with Gasteiger partial charge in [0, 0.05) is 5.56 Å². The minimum atomic E-state index is -0.270. The molecule has 0 spiro atoms. The van der Waals surface area contributed by atoms with Gasteiger partial charge in [0.05, 0.1) is 17.9 Å². The Morgan fingerprint density at radius 1 is 1.28 bits per heavy atom. The molecule has 0 aliphatic rings. The van der Waals surface area contributed by atoms with Gasteiger partial charge < -0.3 is 9.30 Å². The van der Waals surface area contributed by atoms with Gasteiger partial charge in [0.2, 0.25) is 0 Å². The molecule has 126 valence electrons. The Kier molecular flexibility index (Phi) is 5.01. The van der Waals surface area contributed by atoms with E-state index in [-0.39, 0.29) is 5.91 Å². The van der Waals surface area contributed by atoms with Crippen molar-refractivity contribution in [3.05, 3.63) is 58.4 Å². The van der Waals surface area contributed by atoms with Crippen LogP contribution < -0.4 is 9.54 Å². The average molecular weight is 350 g/mol. The third kappa shape index (κ3) is 3.35. The fourth-order valence-corrected chi connectivity index (χ4v) is 3.70. The summed E-state index contributed by atoms with van der Waals surface area (Å²) in [5.41, 5.74) is 2.37. The summed E-state index contributed by atoms with van der Waals surface area (Å²) in [4.78, 5) is 17.5. The number of ether oxygens (including phenoxy) is 1. The highest BCUT2D eigenvalue weighted by Crippen LogP contribution is 2.27. The third-order valence-electron chi connectivity index (χ3n) is 3.79. The van der Waals surface area contributed by atoms with E-state index in [1.54, 1.807) is 6.07 Å². The van der Waals surface area contributed by atoms with Crippen LogP contribution in [-0.2, 0) is 6.54 Å². The fraction of sp³-hybridized carbons (Fsp3) is 0.200. The molecule has 0 atom stereocenters. The van der Waals surface area contributed by atoms with Gasteiger partial charge in [-0.05, 0) is 37.6 Å². The molecule has 3 aromatic rings. The zero-order chi connectivity index (χ0) is 17.8. The van der Waals surface area contributed by atoms with E-state index in [1.165, 1.54) is 11.3 Å². The lowest BCUT2D eigenvalue weighted by atomic mass is 10.1. The number of hydrogen-bond donors (Lipinski definition) is 0. The van der Waals surface area contributed by atoms with Crippen molar-refractivity contribution < 1.29 is 9.53 Å². The second-order valence-corrected chi connectivity index (χ2v) is 6.45. The van der Waals surface area contributed by atoms with E-state index >= 15 is 0 Å². The summed E-state index contributed by atoms with van der Waals surface area (Å²) >= 11 is 1.43. The molecule has 0 aliphatic heterocycles. The summed E-state index contributed by atoms with van der Waals surface area (Å²) in [6.07, 6.45) is 5.54. The molecule has 0 aliphatic carbocycles. The van der Waals surface area contributed by atoms with Gasteiger partial charge >= 0.3 is 0 Å². The van der Waals surface area contributed by atoms with Crippen molar-refractivity contribution in [2.45, 2.75) is 20.4 Å². The molecule has 0 N–H and O–H groups in total. The lowest BCUT2D eigenvalue weighted by Gasteiger charge is -2.07. The predicted molar refractivity (Wildman–Crippen MR) is 101 cm³/mol. The van der Waals surface area contributed by atoms with E-state index in [0.29, 0.717) is 23.5 Å². The van der Waals surface area contributed by atoms with Crippen LogP contribution in [0.4, 0.5) is 0 Å². The highest BCUT2D eigenvalue weighted by Gasteiger charge is 2.13. The summed E-state index contributed by atoms with van der Waals surface area (Å²) in [5.74, 6) is 3.12. The molecule has 0 bridgehead atoms. The molecule has 0 fully saturated rings. The monoisotopic (exact) mass is 350 g/mol. The topological polar surface area (TPSA) is 43.6 Å². The number of aryl methyl sites for hydroxylation is 1. The first-order chi connectivity index (χ1) is 12.2. The molecule has 0 saturated carbocycles. The van der Waals surface area contributed by atoms with Crippen LogP contribution in [0.1, 0.15) is 22.8 Å². The first-order valence-corrected chi connectivity index (χ1v) is 8.80. The van der Waals surface area contributed by atoms with Crippen LogP contribution in [0.5, 0.6) is 5.75 Å². The van der Waals surface area contributed by atoms with Crippen molar-refractivity contribution in [3.8, 4) is 18.1 Å². The average Bonchev–Trinajstić information content (AvgIpc) is 2.94. The second-order valence-electron chi connectivity index (χ2n) is 5.44. The summed E-state index contributed by atoms with van der Waals surface area (Å²) < 4.78 is 8.56. The molecular formula is C20H18N2O2S. The number of fused-ring (bicyclic) bond motifs is 1. The molecule has 0 saturated heterocycles. The number of carbonyl (C=O) groups is 1. The number of hydrogen-bond acceptors (Lipinski definition) is 3. The van der Waals surface area contributed by atoms with Gasteiger partial charge in [-0.15, -0.1) is 6.42 Å². The Balaban J connectivity index is 2.21. The van der Waals surface area contributed by atoms with Gasteiger partial charge in [0.15, 0.2) is 4.80 Å². The maximum atomic E-state index is 12.6. The lowest BCUT2D eigenvalue weighted by Crippen LogP contribution is -2.17. The Morgan fingerprint density at radius 2 is 2.08 bits per heavy atom. The van der Waals surface area contributed by atoms with Gasteiger partial charge in [-0.2, -0.15) is 4.99 Å². The van der Waals surface area contributed by atoms with Crippen LogP contribution in [0.2, 0.25) is 0 Å². The molecule has 2 aromatic carbocycles.